The lowest BCUT2D eigenvalue weighted by molar-refractivity contribution is 0.572. The molecule has 0 aliphatic rings. The van der Waals surface area contributed by atoms with Crippen LogP contribution in [0.1, 0.15) is 22.7 Å². The standard InChI is InChI=1S/C22H19BrN2O2S/c1-15-10-12-16(13-11-15)28(26,27)25-22(18-7-2-4-8-20(18)23)19-14-24-21-9-5-3-6-17(19)21/h2-14,22,24-25H,1H3/t22-/m1/s1. The number of para-hydroxylation sites is 1. The van der Waals surface area contributed by atoms with Crippen LogP contribution in [0.25, 0.3) is 10.9 Å². The number of hydrogen-bond donors (Lipinski definition) is 2. The minimum atomic E-state index is -3.72. The number of fused-ring (bicyclic) bond motifs is 1. The summed E-state index contributed by atoms with van der Waals surface area (Å²) in [7, 11) is -3.72. The van der Waals surface area contributed by atoms with Crippen molar-refractivity contribution in [1.82, 2.24) is 9.71 Å². The molecule has 4 aromatic rings. The van der Waals surface area contributed by atoms with Crippen LogP contribution in [-0.2, 0) is 10.0 Å². The van der Waals surface area contributed by atoms with Gasteiger partial charge in [-0.2, -0.15) is 4.72 Å². The fourth-order valence-electron chi connectivity index (χ4n) is 3.28. The number of aromatic amines is 1. The predicted octanol–water partition coefficient (Wildman–Crippen LogP) is 5.31. The van der Waals surface area contributed by atoms with E-state index in [1.807, 2.05) is 61.7 Å². The number of H-pyrrole nitrogens is 1. The molecule has 4 rings (SSSR count). The summed E-state index contributed by atoms with van der Waals surface area (Å²) in [5, 5.41) is 0.981. The Labute approximate surface area is 172 Å². The third-order valence-corrected chi connectivity index (χ3v) is 6.91. The smallest absolute Gasteiger partial charge is 0.241 e. The van der Waals surface area contributed by atoms with Crippen LogP contribution in [0.2, 0.25) is 0 Å². The van der Waals surface area contributed by atoms with Crippen molar-refractivity contribution in [1.29, 1.82) is 0 Å². The number of aromatic nitrogens is 1. The molecule has 0 unspecified atom stereocenters. The monoisotopic (exact) mass is 454 g/mol. The van der Waals surface area contributed by atoms with Crippen LogP contribution in [-0.4, -0.2) is 13.4 Å². The van der Waals surface area contributed by atoms with Crippen LogP contribution >= 0.6 is 15.9 Å². The minimum Gasteiger partial charge on any atom is -0.361 e. The molecule has 0 aliphatic heterocycles. The van der Waals surface area contributed by atoms with Crippen molar-refractivity contribution in [3.63, 3.8) is 0 Å². The summed E-state index contributed by atoms with van der Waals surface area (Å²) in [6.45, 7) is 1.93. The summed E-state index contributed by atoms with van der Waals surface area (Å²) >= 11 is 3.57. The Morgan fingerprint density at radius 2 is 1.57 bits per heavy atom. The number of aryl methyl sites for hydroxylation is 1. The number of hydrogen-bond acceptors (Lipinski definition) is 2. The minimum absolute atomic E-state index is 0.245. The SMILES string of the molecule is Cc1ccc(S(=O)(=O)N[C@H](c2ccccc2Br)c2c[nH]c3ccccc23)cc1. The quantitative estimate of drug-likeness (QED) is 0.429. The predicted molar refractivity (Wildman–Crippen MR) is 116 cm³/mol. The van der Waals surface area contributed by atoms with E-state index in [0.29, 0.717) is 0 Å². The molecule has 0 amide bonds. The molecule has 0 bridgehead atoms. The van der Waals surface area contributed by atoms with Gasteiger partial charge in [0.25, 0.3) is 0 Å². The van der Waals surface area contributed by atoms with E-state index in [9.17, 15) is 8.42 Å². The molecule has 0 spiro atoms. The van der Waals surface area contributed by atoms with Gasteiger partial charge in [-0.05, 0) is 42.3 Å². The third-order valence-electron chi connectivity index (χ3n) is 4.75. The van der Waals surface area contributed by atoms with Gasteiger partial charge in [-0.3, -0.25) is 0 Å². The summed E-state index contributed by atoms with van der Waals surface area (Å²) in [5.41, 5.74) is 3.70. The second-order valence-electron chi connectivity index (χ2n) is 6.68. The highest BCUT2D eigenvalue weighted by molar-refractivity contribution is 9.10. The summed E-state index contributed by atoms with van der Waals surface area (Å²) in [4.78, 5) is 3.49. The zero-order valence-electron chi connectivity index (χ0n) is 15.2. The van der Waals surface area contributed by atoms with Gasteiger partial charge < -0.3 is 4.98 Å². The van der Waals surface area contributed by atoms with Gasteiger partial charge in [-0.15, -0.1) is 0 Å². The van der Waals surface area contributed by atoms with E-state index in [4.69, 9.17) is 0 Å². The number of nitrogens with one attached hydrogen (secondary N) is 2. The maximum Gasteiger partial charge on any atom is 0.241 e. The number of rotatable bonds is 5. The van der Waals surface area contributed by atoms with Crippen molar-refractivity contribution in [3.05, 3.63) is 100 Å². The van der Waals surface area contributed by atoms with E-state index in [0.717, 1.165) is 32.1 Å². The normalized spacial score (nSPS) is 12.9. The third kappa shape index (κ3) is 3.63. The van der Waals surface area contributed by atoms with E-state index in [2.05, 4.69) is 25.6 Å². The molecule has 0 aliphatic carbocycles. The van der Waals surface area contributed by atoms with Crippen molar-refractivity contribution in [2.45, 2.75) is 17.9 Å². The summed E-state index contributed by atoms with van der Waals surface area (Å²) < 4.78 is 30.0. The first-order valence-corrected chi connectivity index (χ1v) is 11.1. The van der Waals surface area contributed by atoms with E-state index in [-0.39, 0.29) is 4.90 Å². The Kier molecular flexibility index (Phi) is 5.10. The lowest BCUT2D eigenvalue weighted by Gasteiger charge is -2.20. The maximum absolute atomic E-state index is 13.1. The van der Waals surface area contributed by atoms with Crippen molar-refractivity contribution in [2.75, 3.05) is 0 Å². The zero-order valence-corrected chi connectivity index (χ0v) is 17.6. The molecule has 0 fully saturated rings. The Morgan fingerprint density at radius 3 is 2.32 bits per heavy atom. The molecular formula is C22H19BrN2O2S. The molecule has 28 heavy (non-hydrogen) atoms. The van der Waals surface area contributed by atoms with Crippen LogP contribution < -0.4 is 4.72 Å². The molecular weight excluding hydrogens is 436 g/mol. The second-order valence-corrected chi connectivity index (χ2v) is 9.25. The van der Waals surface area contributed by atoms with Gasteiger partial charge in [0.1, 0.15) is 0 Å². The summed E-state index contributed by atoms with van der Waals surface area (Å²) in [6.07, 6.45) is 1.87. The van der Waals surface area contributed by atoms with Crippen molar-refractivity contribution in [2.24, 2.45) is 0 Å². The molecule has 1 atom stereocenters. The van der Waals surface area contributed by atoms with E-state index in [1.54, 1.807) is 24.3 Å². The first-order valence-electron chi connectivity index (χ1n) is 8.85. The first kappa shape index (κ1) is 18.9. The summed E-state index contributed by atoms with van der Waals surface area (Å²) in [6, 6.07) is 21.8. The zero-order chi connectivity index (χ0) is 19.7. The highest BCUT2D eigenvalue weighted by Crippen LogP contribution is 2.34. The van der Waals surface area contributed by atoms with Crippen LogP contribution in [0.3, 0.4) is 0 Å². The lowest BCUT2D eigenvalue weighted by Crippen LogP contribution is -2.29. The van der Waals surface area contributed by atoms with Gasteiger partial charge in [-0.25, -0.2) is 8.42 Å². The van der Waals surface area contributed by atoms with Gasteiger partial charge in [0.2, 0.25) is 10.0 Å². The molecule has 6 heteroatoms. The topological polar surface area (TPSA) is 62.0 Å². The van der Waals surface area contributed by atoms with Crippen LogP contribution in [0.4, 0.5) is 0 Å². The van der Waals surface area contributed by atoms with Gasteiger partial charge in [0.15, 0.2) is 0 Å². The molecule has 0 saturated carbocycles. The fourth-order valence-corrected chi connectivity index (χ4v) is 4.99. The average molecular weight is 455 g/mol. The first-order chi connectivity index (χ1) is 13.5. The Balaban J connectivity index is 1.84. The second kappa shape index (κ2) is 7.54. The Bertz CT molecular complexity index is 1230. The van der Waals surface area contributed by atoms with Crippen LogP contribution in [0.15, 0.2) is 88.4 Å². The van der Waals surface area contributed by atoms with E-state index >= 15 is 0 Å². The highest BCUT2D eigenvalue weighted by atomic mass is 79.9. The Hall–Kier alpha value is -2.41. The van der Waals surface area contributed by atoms with Gasteiger partial charge >= 0.3 is 0 Å². The van der Waals surface area contributed by atoms with Gasteiger partial charge in [-0.1, -0.05) is 70.0 Å². The Morgan fingerprint density at radius 1 is 0.893 bits per heavy atom. The van der Waals surface area contributed by atoms with E-state index in [1.165, 1.54) is 0 Å². The van der Waals surface area contributed by atoms with Crippen molar-refractivity contribution >= 4 is 36.9 Å². The van der Waals surface area contributed by atoms with Crippen LogP contribution in [0.5, 0.6) is 0 Å². The molecule has 142 valence electrons. The largest absolute Gasteiger partial charge is 0.361 e. The molecule has 1 heterocycles. The maximum atomic E-state index is 13.1. The lowest BCUT2D eigenvalue weighted by atomic mass is 9.99. The summed E-state index contributed by atoms with van der Waals surface area (Å²) in [5.74, 6) is 0. The average Bonchev–Trinajstić information content (AvgIpc) is 3.11. The number of sulfonamides is 1. The molecule has 0 saturated heterocycles. The number of halogens is 1. The molecule has 3 aromatic carbocycles. The van der Waals surface area contributed by atoms with Gasteiger partial charge in [0.05, 0.1) is 10.9 Å². The highest BCUT2D eigenvalue weighted by Gasteiger charge is 2.26. The van der Waals surface area contributed by atoms with Crippen molar-refractivity contribution in [3.8, 4) is 0 Å². The molecule has 2 N–H and O–H groups in total. The van der Waals surface area contributed by atoms with Gasteiger partial charge in [0, 0.05) is 21.6 Å². The van der Waals surface area contributed by atoms with E-state index < -0.39 is 16.1 Å². The molecule has 1 aromatic heterocycles. The fraction of sp³-hybridized carbons (Fsp3) is 0.0909. The van der Waals surface area contributed by atoms with Crippen LogP contribution in [0, 0.1) is 6.92 Å². The van der Waals surface area contributed by atoms with Crippen molar-refractivity contribution < 1.29 is 8.42 Å². The molecule has 4 nitrogen and oxygen atoms in total. The number of benzene rings is 3. The molecule has 0 radical (unpaired) electrons.